The molecule has 0 amide bonds. The zero-order valence-corrected chi connectivity index (χ0v) is 13.9. The molecular formula is C15H22O5S. The smallest absolute Gasteiger partial charge is 0.227 e. The molecule has 0 radical (unpaired) electrons. The van der Waals surface area contributed by atoms with Gasteiger partial charge in [-0.3, -0.25) is 0 Å². The predicted octanol–water partition coefficient (Wildman–Crippen LogP) is 2.45. The van der Waals surface area contributed by atoms with Gasteiger partial charge in [-0.1, -0.05) is 12.1 Å². The van der Waals surface area contributed by atoms with Gasteiger partial charge in [-0.2, -0.15) is 0 Å². The Morgan fingerprint density at radius 3 is 2.14 bits per heavy atom. The van der Waals surface area contributed by atoms with Crippen LogP contribution in [0, 0.1) is 0 Å². The quantitative estimate of drug-likeness (QED) is 0.596. The molecule has 1 fully saturated rings. The highest BCUT2D eigenvalue weighted by Crippen LogP contribution is 2.56. The van der Waals surface area contributed by atoms with Gasteiger partial charge < -0.3 is 14.2 Å². The largest absolute Gasteiger partial charge is 0.353 e. The molecule has 1 unspecified atom stereocenters. The van der Waals surface area contributed by atoms with E-state index >= 15 is 0 Å². The van der Waals surface area contributed by atoms with Crippen molar-refractivity contribution < 1.29 is 22.6 Å². The van der Waals surface area contributed by atoms with E-state index in [9.17, 15) is 8.42 Å². The first-order valence-corrected chi connectivity index (χ1v) is 8.82. The van der Waals surface area contributed by atoms with Crippen LogP contribution in [0.3, 0.4) is 0 Å². The van der Waals surface area contributed by atoms with E-state index in [2.05, 4.69) is 0 Å². The molecule has 1 aromatic carbocycles. The number of hydrogen-bond acceptors (Lipinski definition) is 5. The van der Waals surface area contributed by atoms with Crippen LogP contribution in [0.1, 0.15) is 33.3 Å². The standard InChI is InChI=1S/C15H22O5S/c1-6-18-11(2)19-15(14(3,4)20-15)12-7-9-13(10-8-12)21(5,16)17/h7-11H,6H2,1-5H3/t11?,15-/m0/s1. The lowest BCUT2D eigenvalue weighted by Crippen LogP contribution is -2.28. The Kier molecular flexibility index (Phi) is 4.19. The Bertz CT molecular complexity index is 605. The Morgan fingerprint density at radius 2 is 1.76 bits per heavy atom. The molecule has 1 aliphatic rings. The van der Waals surface area contributed by atoms with Crippen molar-refractivity contribution in [3.05, 3.63) is 29.8 Å². The van der Waals surface area contributed by atoms with Crippen LogP contribution in [0.25, 0.3) is 0 Å². The third-order valence-corrected chi connectivity index (χ3v) is 4.67. The van der Waals surface area contributed by atoms with Crippen LogP contribution >= 0.6 is 0 Å². The predicted molar refractivity (Wildman–Crippen MR) is 78.6 cm³/mol. The van der Waals surface area contributed by atoms with E-state index in [0.717, 1.165) is 5.56 Å². The lowest BCUT2D eigenvalue weighted by atomic mass is 9.99. The van der Waals surface area contributed by atoms with E-state index in [4.69, 9.17) is 14.2 Å². The second-order valence-corrected chi connectivity index (χ2v) is 7.68. The number of sulfone groups is 1. The van der Waals surface area contributed by atoms with Crippen LogP contribution in [-0.4, -0.2) is 33.2 Å². The second kappa shape index (κ2) is 5.35. The van der Waals surface area contributed by atoms with Crippen molar-refractivity contribution in [2.75, 3.05) is 12.9 Å². The SMILES string of the molecule is CCOC(C)O[C@@]1(c2ccc(S(C)(=O)=O)cc2)OC1(C)C. The van der Waals surface area contributed by atoms with E-state index in [1.165, 1.54) is 6.26 Å². The van der Waals surface area contributed by atoms with Gasteiger partial charge in [0, 0.05) is 18.4 Å². The molecule has 0 bridgehead atoms. The molecule has 1 aliphatic heterocycles. The Hall–Kier alpha value is -0.950. The highest BCUT2D eigenvalue weighted by atomic mass is 32.2. The molecular weight excluding hydrogens is 292 g/mol. The van der Waals surface area contributed by atoms with E-state index < -0.39 is 27.5 Å². The summed E-state index contributed by atoms with van der Waals surface area (Å²) >= 11 is 0. The number of hydrogen-bond donors (Lipinski definition) is 0. The topological polar surface area (TPSA) is 65.1 Å². The van der Waals surface area contributed by atoms with Crippen LogP contribution < -0.4 is 0 Å². The van der Waals surface area contributed by atoms with Gasteiger partial charge in [-0.25, -0.2) is 8.42 Å². The first-order valence-electron chi connectivity index (χ1n) is 6.92. The molecule has 21 heavy (non-hydrogen) atoms. The molecule has 1 saturated heterocycles. The molecule has 5 nitrogen and oxygen atoms in total. The maximum absolute atomic E-state index is 11.5. The van der Waals surface area contributed by atoms with Crippen molar-refractivity contribution in [2.24, 2.45) is 0 Å². The zero-order chi connectivity index (χ0) is 15.9. The molecule has 0 aliphatic carbocycles. The van der Waals surface area contributed by atoms with Crippen molar-refractivity contribution in [1.29, 1.82) is 0 Å². The minimum absolute atomic E-state index is 0.276. The van der Waals surface area contributed by atoms with Gasteiger partial charge in [0.05, 0.1) is 4.90 Å². The summed E-state index contributed by atoms with van der Waals surface area (Å²) < 4.78 is 40.1. The average molecular weight is 314 g/mol. The van der Waals surface area contributed by atoms with Crippen LogP contribution in [0.15, 0.2) is 29.2 Å². The van der Waals surface area contributed by atoms with Crippen LogP contribution in [0.4, 0.5) is 0 Å². The van der Waals surface area contributed by atoms with Crippen molar-refractivity contribution in [3.8, 4) is 0 Å². The fourth-order valence-electron chi connectivity index (χ4n) is 2.40. The molecule has 0 aromatic heterocycles. The molecule has 0 spiro atoms. The minimum atomic E-state index is -3.21. The van der Waals surface area contributed by atoms with Crippen molar-refractivity contribution >= 4 is 9.84 Å². The normalized spacial score (nSPS) is 25.6. The molecule has 2 atom stereocenters. The number of benzene rings is 1. The van der Waals surface area contributed by atoms with Crippen molar-refractivity contribution in [2.45, 2.75) is 50.3 Å². The maximum Gasteiger partial charge on any atom is 0.227 e. The Labute approximate surface area is 126 Å². The highest BCUT2D eigenvalue weighted by molar-refractivity contribution is 7.90. The lowest BCUT2D eigenvalue weighted by molar-refractivity contribution is -0.202. The fraction of sp³-hybridized carbons (Fsp3) is 0.600. The summed E-state index contributed by atoms with van der Waals surface area (Å²) in [5.41, 5.74) is 0.303. The number of ether oxygens (including phenoxy) is 3. The molecule has 0 saturated carbocycles. The molecule has 2 rings (SSSR count). The fourth-order valence-corrected chi connectivity index (χ4v) is 3.03. The molecule has 1 aromatic rings. The maximum atomic E-state index is 11.5. The molecule has 1 heterocycles. The molecule has 6 heteroatoms. The molecule has 118 valence electrons. The monoisotopic (exact) mass is 314 g/mol. The molecule has 0 N–H and O–H groups in total. The van der Waals surface area contributed by atoms with E-state index in [1.807, 2.05) is 27.7 Å². The second-order valence-electron chi connectivity index (χ2n) is 5.67. The van der Waals surface area contributed by atoms with Gasteiger partial charge in [-0.15, -0.1) is 0 Å². The third-order valence-electron chi connectivity index (χ3n) is 3.55. The van der Waals surface area contributed by atoms with Gasteiger partial charge in [0.25, 0.3) is 0 Å². The van der Waals surface area contributed by atoms with Gasteiger partial charge in [-0.05, 0) is 39.8 Å². The summed E-state index contributed by atoms with van der Waals surface area (Å²) in [4.78, 5) is 0.276. The summed E-state index contributed by atoms with van der Waals surface area (Å²) in [6, 6.07) is 6.59. The summed E-state index contributed by atoms with van der Waals surface area (Å²) in [6.45, 7) is 8.11. The van der Waals surface area contributed by atoms with Gasteiger partial charge in [0.15, 0.2) is 16.1 Å². The number of rotatable bonds is 6. The van der Waals surface area contributed by atoms with Gasteiger partial charge >= 0.3 is 0 Å². The Morgan fingerprint density at radius 1 is 1.24 bits per heavy atom. The minimum Gasteiger partial charge on any atom is -0.353 e. The summed E-state index contributed by atoms with van der Waals surface area (Å²) in [5.74, 6) is -0.891. The van der Waals surface area contributed by atoms with Crippen LogP contribution in [-0.2, 0) is 29.8 Å². The van der Waals surface area contributed by atoms with E-state index in [-0.39, 0.29) is 4.90 Å². The first-order chi connectivity index (χ1) is 9.62. The van der Waals surface area contributed by atoms with Crippen LogP contribution in [0.5, 0.6) is 0 Å². The van der Waals surface area contributed by atoms with Crippen LogP contribution in [0.2, 0.25) is 0 Å². The Balaban J connectivity index is 2.28. The van der Waals surface area contributed by atoms with E-state index in [1.54, 1.807) is 24.3 Å². The highest BCUT2D eigenvalue weighted by Gasteiger charge is 2.67. The lowest BCUT2D eigenvalue weighted by Gasteiger charge is -2.21. The van der Waals surface area contributed by atoms with Crippen molar-refractivity contribution in [3.63, 3.8) is 0 Å². The first kappa shape index (κ1) is 16.4. The summed E-state index contributed by atoms with van der Waals surface area (Å²) in [6.07, 6.45) is 0.773. The van der Waals surface area contributed by atoms with Crippen molar-refractivity contribution in [1.82, 2.24) is 0 Å². The van der Waals surface area contributed by atoms with Gasteiger partial charge in [0.1, 0.15) is 5.60 Å². The number of epoxide rings is 1. The van der Waals surface area contributed by atoms with E-state index in [0.29, 0.717) is 6.61 Å². The third kappa shape index (κ3) is 3.13. The zero-order valence-electron chi connectivity index (χ0n) is 13.0. The van der Waals surface area contributed by atoms with Gasteiger partial charge in [0.2, 0.25) is 5.79 Å². The average Bonchev–Trinajstić information content (AvgIpc) is 2.91. The summed E-state index contributed by atoms with van der Waals surface area (Å²) in [5, 5.41) is 0. The summed E-state index contributed by atoms with van der Waals surface area (Å²) in [7, 11) is -3.21.